The van der Waals surface area contributed by atoms with Gasteiger partial charge in [-0.25, -0.2) is 4.68 Å². The molecule has 4 rings (SSSR count). The number of aromatic nitrogens is 4. The smallest absolute Gasteiger partial charge is 0.240 e. The lowest BCUT2D eigenvalue weighted by Crippen LogP contribution is -2.38. The van der Waals surface area contributed by atoms with E-state index in [-0.39, 0.29) is 11.2 Å². The molecule has 1 aliphatic rings. The predicted octanol–water partition coefficient (Wildman–Crippen LogP) is 4.13. The Balaban J connectivity index is 1.57. The summed E-state index contributed by atoms with van der Waals surface area (Å²) in [5.41, 5.74) is 2.95. The second-order valence-electron chi connectivity index (χ2n) is 7.36. The summed E-state index contributed by atoms with van der Waals surface area (Å²) < 4.78 is 1.78. The van der Waals surface area contributed by atoms with Gasteiger partial charge in [-0.05, 0) is 56.9 Å². The number of carbonyl (C=O) groups is 1. The fraction of sp³-hybridized carbons (Fsp3) is 0.364. The molecule has 29 heavy (non-hydrogen) atoms. The first-order valence-electron chi connectivity index (χ1n) is 9.99. The van der Waals surface area contributed by atoms with Gasteiger partial charge in [0.05, 0.1) is 5.69 Å². The Morgan fingerprint density at radius 1 is 1.00 bits per heavy atom. The Morgan fingerprint density at radius 3 is 2.38 bits per heavy atom. The Kier molecular flexibility index (Phi) is 5.94. The fourth-order valence-electron chi connectivity index (χ4n) is 3.64. The van der Waals surface area contributed by atoms with Crippen molar-refractivity contribution >= 4 is 17.7 Å². The van der Waals surface area contributed by atoms with Crippen LogP contribution >= 0.6 is 11.8 Å². The molecule has 1 aliphatic heterocycles. The molecule has 7 heteroatoms. The zero-order valence-electron chi connectivity index (χ0n) is 16.8. The molecule has 0 spiro atoms. The highest BCUT2D eigenvalue weighted by Crippen LogP contribution is 2.36. The van der Waals surface area contributed by atoms with Gasteiger partial charge in [-0.2, -0.15) is 5.10 Å². The number of likely N-dealkylation sites (tertiary alicyclic amines) is 1. The first kappa shape index (κ1) is 19.6. The predicted molar refractivity (Wildman–Crippen MR) is 114 cm³/mol. The van der Waals surface area contributed by atoms with Crippen LogP contribution in [0.4, 0.5) is 0 Å². The molecule has 0 bridgehead atoms. The summed E-state index contributed by atoms with van der Waals surface area (Å²) in [7, 11) is 0. The van der Waals surface area contributed by atoms with Crippen LogP contribution in [0.15, 0.2) is 53.6 Å². The largest absolute Gasteiger partial charge is 0.341 e. The molecule has 1 aromatic carbocycles. The molecule has 1 fully saturated rings. The molecular weight excluding hydrogens is 382 g/mol. The van der Waals surface area contributed by atoms with E-state index < -0.39 is 0 Å². The third-order valence-electron chi connectivity index (χ3n) is 5.09. The minimum Gasteiger partial charge on any atom is -0.341 e. The van der Waals surface area contributed by atoms with E-state index in [0.717, 1.165) is 47.9 Å². The van der Waals surface area contributed by atoms with Gasteiger partial charge < -0.3 is 4.90 Å². The van der Waals surface area contributed by atoms with Crippen molar-refractivity contribution in [3.63, 3.8) is 0 Å². The molecule has 0 N–H and O–H groups in total. The van der Waals surface area contributed by atoms with Crippen LogP contribution < -0.4 is 0 Å². The van der Waals surface area contributed by atoms with Gasteiger partial charge in [0, 0.05) is 18.8 Å². The highest BCUT2D eigenvalue weighted by Gasteiger charge is 2.28. The van der Waals surface area contributed by atoms with Crippen molar-refractivity contribution in [3.05, 3.63) is 65.5 Å². The van der Waals surface area contributed by atoms with Crippen molar-refractivity contribution in [2.75, 3.05) is 13.1 Å². The van der Waals surface area contributed by atoms with E-state index in [1.807, 2.05) is 67.3 Å². The lowest BCUT2D eigenvalue weighted by molar-refractivity contribution is -0.131. The third-order valence-corrected chi connectivity index (χ3v) is 6.25. The monoisotopic (exact) mass is 407 g/mol. The van der Waals surface area contributed by atoms with Gasteiger partial charge in [0.1, 0.15) is 10.3 Å². The maximum atomic E-state index is 13.3. The van der Waals surface area contributed by atoms with Crippen molar-refractivity contribution in [2.45, 2.75) is 43.4 Å². The molecule has 6 nitrogen and oxygen atoms in total. The van der Waals surface area contributed by atoms with Gasteiger partial charge in [0.25, 0.3) is 0 Å². The van der Waals surface area contributed by atoms with Crippen LogP contribution in [0.5, 0.6) is 0 Å². The molecule has 0 unspecified atom stereocenters. The van der Waals surface area contributed by atoms with Crippen LogP contribution in [0, 0.1) is 13.8 Å². The number of aryl methyl sites for hydroxylation is 2. The Morgan fingerprint density at radius 2 is 1.76 bits per heavy atom. The molecule has 2 aromatic heterocycles. The van der Waals surface area contributed by atoms with Crippen LogP contribution in [-0.2, 0) is 4.79 Å². The van der Waals surface area contributed by atoms with Crippen molar-refractivity contribution < 1.29 is 4.79 Å². The van der Waals surface area contributed by atoms with Crippen LogP contribution in [0.25, 0.3) is 5.82 Å². The highest BCUT2D eigenvalue weighted by molar-refractivity contribution is 8.00. The first-order chi connectivity index (χ1) is 14.1. The van der Waals surface area contributed by atoms with Crippen LogP contribution in [0.2, 0.25) is 0 Å². The van der Waals surface area contributed by atoms with Gasteiger partial charge in [0.2, 0.25) is 5.91 Å². The zero-order valence-corrected chi connectivity index (χ0v) is 17.6. The molecule has 0 saturated carbocycles. The molecule has 1 amide bonds. The quantitative estimate of drug-likeness (QED) is 0.595. The standard InChI is InChI=1S/C22H25N5OS/c1-16-15-17(2)27(25-16)19-11-12-20(24-23-19)29-21(18-9-5-3-6-10-18)22(28)26-13-7-4-8-14-26/h3,5-6,9-12,15,21H,4,7-8,13-14H2,1-2H3/t21-/m1/s1. The van der Waals surface area contributed by atoms with E-state index in [1.54, 1.807) is 4.68 Å². The SMILES string of the molecule is Cc1cc(C)n(-c2ccc(S[C@@H](C(=O)N3CCCCC3)c3ccccc3)nn2)n1. The maximum absolute atomic E-state index is 13.3. The first-order valence-corrected chi connectivity index (χ1v) is 10.9. The average Bonchev–Trinajstić information content (AvgIpc) is 3.11. The Labute approximate surface area is 175 Å². The molecule has 3 heterocycles. The van der Waals surface area contributed by atoms with E-state index in [4.69, 9.17) is 0 Å². The zero-order chi connectivity index (χ0) is 20.2. The molecule has 0 aliphatic carbocycles. The van der Waals surface area contributed by atoms with Gasteiger partial charge in [-0.1, -0.05) is 42.1 Å². The van der Waals surface area contributed by atoms with E-state index in [9.17, 15) is 4.79 Å². The number of piperidine rings is 1. The molecular formula is C22H25N5OS. The van der Waals surface area contributed by atoms with Gasteiger partial charge in [0.15, 0.2) is 5.82 Å². The maximum Gasteiger partial charge on any atom is 0.240 e. The number of amides is 1. The summed E-state index contributed by atoms with van der Waals surface area (Å²) in [5, 5.41) is 13.6. The molecule has 3 aromatic rings. The van der Waals surface area contributed by atoms with E-state index >= 15 is 0 Å². The number of benzene rings is 1. The van der Waals surface area contributed by atoms with E-state index in [1.165, 1.54) is 18.2 Å². The number of nitrogens with zero attached hydrogens (tertiary/aromatic N) is 5. The third kappa shape index (κ3) is 4.50. The second kappa shape index (κ2) is 8.78. The summed E-state index contributed by atoms with van der Waals surface area (Å²) in [4.78, 5) is 15.3. The van der Waals surface area contributed by atoms with Gasteiger partial charge in [-0.3, -0.25) is 4.79 Å². The highest BCUT2D eigenvalue weighted by atomic mass is 32.2. The summed E-state index contributed by atoms with van der Waals surface area (Å²) >= 11 is 1.46. The number of rotatable bonds is 5. The van der Waals surface area contributed by atoms with Gasteiger partial charge in [-0.15, -0.1) is 10.2 Å². The summed E-state index contributed by atoms with van der Waals surface area (Å²) in [6.07, 6.45) is 3.36. The van der Waals surface area contributed by atoms with Crippen molar-refractivity contribution in [1.29, 1.82) is 0 Å². The number of hydrogen-bond acceptors (Lipinski definition) is 5. The van der Waals surface area contributed by atoms with E-state index in [0.29, 0.717) is 5.82 Å². The average molecular weight is 408 g/mol. The number of carbonyl (C=O) groups excluding carboxylic acids is 1. The Hall–Kier alpha value is -2.67. The van der Waals surface area contributed by atoms with Crippen LogP contribution in [-0.4, -0.2) is 43.9 Å². The molecule has 150 valence electrons. The lowest BCUT2D eigenvalue weighted by Gasteiger charge is -2.30. The van der Waals surface area contributed by atoms with Crippen molar-refractivity contribution in [3.8, 4) is 5.82 Å². The lowest BCUT2D eigenvalue weighted by atomic mass is 10.1. The summed E-state index contributed by atoms with van der Waals surface area (Å²) in [6.45, 7) is 5.63. The summed E-state index contributed by atoms with van der Waals surface area (Å²) in [6, 6.07) is 15.8. The van der Waals surface area contributed by atoms with E-state index in [2.05, 4.69) is 15.3 Å². The van der Waals surface area contributed by atoms with Crippen molar-refractivity contribution in [1.82, 2.24) is 24.9 Å². The van der Waals surface area contributed by atoms with Crippen LogP contribution in [0.1, 0.15) is 41.5 Å². The fourth-order valence-corrected chi connectivity index (χ4v) is 4.66. The summed E-state index contributed by atoms with van der Waals surface area (Å²) in [5.74, 6) is 0.837. The minimum atomic E-state index is -0.317. The topological polar surface area (TPSA) is 63.9 Å². The molecule has 0 radical (unpaired) electrons. The minimum absolute atomic E-state index is 0.158. The van der Waals surface area contributed by atoms with Crippen LogP contribution in [0.3, 0.4) is 0 Å². The second-order valence-corrected chi connectivity index (χ2v) is 8.49. The van der Waals surface area contributed by atoms with Gasteiger partial charge >= 0.3 is 0 Å². The number of thioether (sulfide) groups is 1. The molecule has 1 atom stereocenters. The molecule has 1 saturated heterocycles. The Bertz CT molecular complexity index is 965. The number of hydrogen-bond donors (Lipinski definition) is 0. The van der Waals surface area contributed by atoms with Crippen molar-refractivity contribution in [2.24, 2.45) is 0 Å². The normalized spacial score (nSPS) is 15.3.